The fraction of sp³-hybridized carbons (Fsp3) is 0.200. The molecule has 3 heteroatoms. The topological polar surface area (TPSA) is 37.4 Å². The van der Waals surface area contributed by atoms with Gasteiger partial charge in [0, 0.05) is 18.3 Å². The smallest absolute Gasteiger partial charge is 0.258 e. The third kappa shape index (κ3) is 4.16. The molecule has 0 N–H and O–H groups in total. The molecule has 0 aromatic heterocycles. The average Bonchev–Trinajstić information content (AvgIpc) is 2.59. The summed E-state index contributed by atoms with van der Waals surface area (Å²) in [5.74, 6) is -0.190. The Balaban J connectivity index is 2.19. The van der Waals surface area contributed by atoms with E-state index in [1.165, 1.54) is 11.1 Å². The van der Waals surface area contributed by atoms with Gasteiger partial charge in [-0.1, -0.05) is 42.0 Å². The number of rotatable bonds is 5. The Labute approximate surface area is 137 Å². The summed E-state index contributed by atoms with van der Waals surface area (Å²) in [6.45, 7) is 4.15. The number of benzene rings is 2. The number of allylic oxidation sites excluding steroid dienone is 2. The van der Waals surface area contributed by atoms with Crippen LogP contribution in [0.1, 0.15) is 40.1 Å². The Kier molecular flexibility index (Phi) is 5.47. The monoisotopic (exact) mass is 307 g/mol. The maximum absolute atomic E-state index is 12.6. The van der Waals surface area contributed by atoms with E-state index in [4.69, 9.17) is 0 Å². The Morgan fingerprint density at radius 2 is 1.70 bits per heavy atom. The van der Waals surface area contributed by atoms with Gasteiger partial charge in [-0.3, -0.25) is 9.59 Å². The van der Waals surface area contributed by atoms with Gasteiger partial charge in [-0.25, -0.2) is 0 Å². The van der Waals surface area contributed by atoms with Gasteiger partial charge in [0.15, 0.2) is 6.29 Å². The van der Waals surface area contributed by atoms with E-state index in [9.17, 15) is 9.59 Å². The predicted octanol–water partition coefficient (Wildman–Crippen LogP) is 4.28. The largest absolute Gasteiger partial charge is 0.311 e. The number of carbonyl (C=O) groups is 2. The van der Waals surface area contributed by atoms with Gasteiger partial charge in [-0.2, -0.15) is 0 Å². The van der Waals surface area contributed by atoms with Gasteiger partial charge >= 0.3 is 0 Å². The van der Waals surface area contributed by atoms with E-state index >= 15 is 0 Å². The highest BCUT2D eigenvalue weighted by molar-refractivity contribution is 6.09. The van der Waals surface area contributed by atoms with Crippen molar-refractivity contribution in [2.75, 3.05) is 11.9 Å². The van der Waals surface area contributed by atoms with Gasteiger partial charge in [-0.05, 0) is 44.0 Å². The molecule has 2 rings (SSSR count). The molecule has 1 amide bonds. The quantitative estimate of drug-likeness (QED) is 0.610. The summed E-state index contributed by atoms with van der Waals surface area (Å²) in [5, 5.41) is 0. The lowest BCUT2D eigenvalue weighted by Gasteiger charge is -2.18. The van der Waals surface area contributed by atoms with E-state index in [1.807, 2.05) is 24.3 Å². The van der Waals surface area contributed by atoms with Crippen LogP contribution in [0.3, 0.4) is 0 Å². The fourth-order valence-electron chi connectivity index (χ4n) is 2.27. The van der Waals surface area contributed by atoms with Crippen LogP contribution >= 0.6 is 0 Å². The van der Waals surface area contributed by atoms with Gasteiger partial charge in [0.2, 0.25) is 0 Å². The van der Waals surface area contributed by atoms with Crippen LogP contribution < -0.4 is 4.90 Å². The van der Waals surface area contributed by atoms with Crippen LogP contribution in [0.5, 0.6) is 0 Å². The van der Waals surface area contributed by atoms with Crippen LogP contribution in [-0.4, -0.2) is 19.2 Å². The van der Waals surface area contributed by atoms with Crippen LogP contribution in [0.25, 0.3) is 0 Å². The highest BCUT2D eigenvalue weighted by Crippen LogP contribution is 2.18. The molecular formula is C20H21NO2. The first-order chi connectivity index (χ1) is 11.0. The van der Waals surface area contributed by atoms with Crippen molar-refractivity contribution in [2.45, 2.75) is 20.3 Å². The zero-order valence-corrected chi connectivity index (χ0v) is 13.7. The van der Waals surface area contributed by atoms with Crippen LogP contribution in [0, 0.1) is 0 Å². The second kappa shape index (κ2) is 7.54. The molecule has 0 atom stereocenters. The van der Waals surface area contributed by atoms with Crippen LogP contribution in [0.15, 0.2) is 60.2 Å². The van der Waals surface area contributed by atoms with Crippen molar-refractivity contribution in [1.29, 1.82) is 0 Å². The van der Waals surface area contributed by atoms with Crippen molar-refractivity contribution >= 4 is 17.9 Å². The normalized spacial score (nSPS) is 10.0. The SMILES string of the molecule is CC(C)=CCc1ccc(N(C)C(=O)c2ccccc2C=O)cc1. The van der Waals surface area contributed by atoms with Crippen LogP contribution in [-0.2, 0) is 6.42 Å². The molecule has 23 heavy (non-hydrogen) atoms. The van der Waals surface area contributed by atoms with Crippen molar-refractivity contribution in [3.05, 3.63) is 76.9 Å². The molecule has 0 heterocycles. The first-order valence-electron chi connectivity index (χ1n) is 7.57. The van der Waals surface area contributed by atoms with Crippen molar-refractivity contribution < 1.29 is 9.59 Å². The van der Waals surface area contributed by atoms with Gasteiger partial charge in [-0.15, -0.1) is 0 Å². The number of aldehydes is 1. The predicted molar refractivity (Wildman–Crippen MR) is 94.1 cm³/mol. The lowest BCUT2D eigenvalue weighted by molar-refractivity contribution is 0.0986. The Morgan fingerprint density at radius 1 is 1.04 bits per heavy atom. The zero-order valence-electron chi connectivity index (χ0n) is 13.7. The highest BCUT2D eigenvalue weighted by Gasteiger charge is 2.16. The lowest BCUT2D eigenvalue weighted by atomic mass is 10.1. The van der Waals surface area contributed by atoms with E-state index in [2.05, 4.69) is 19.9 Å². The van der Waals surface area contributed by atoms with E-state index in [0.717, 1.165) is 12.1 Å². The van der Waals surface area contributed by atoms with Gasteiger partial charge in [0.25, 0.3) is 5.91 Å². The van der Waals surface area contributed by atoms with Gasteiger partial charge in [0.05, 0.1) is 5.56 Å². The minimum atomic E-state index is -0.190. The Morgan fingerprint density at radius 3 is 2.30 bits per heavy atom. The molecule has 0 aliphatic rings. The summed E-state index contributed by atoms with van der Waals surface area (Å²) in [6.07, 6.45) is 3.77. The molecule has 0 spiro atoms. The van der Waals surface area contributed by atoms with E-state index in [1.54, 1.807) is 36.2 Å². The van der Waals surface area contributed by atoms with E-state index < -0.39 is 0 Å². The maximum atomic E-state index is 12.6. The number of carbonyl (C=O) groups excluding carboxylic acids is 2. The summed E-state index contributed by atoms with van der Waals surface area (Å²) >= 11 is 0. The van der Waals surface area contributed by atoms with Gasteiger partial charge in [0.1, 0.15) is 0 Å². The number of hydrogen-bond acceptors (Lipinski definition) is 2. The molecule has 0 aliphatic carbocycles. The molecule has 0 saturated carbocycles. The molecule has 118 valence electrons. The minimum absolute atomic E-state index is 0.190. The molecule has 3 nitrogen and oxygen atoms in total. The minimum Gasteiger partial charge on any atom is -0.311 e. The molecule has 0 radical (unpaired) electrons. The first-order valence-corrected chi connectivity index (χ1v) is 7.57. The zero-order chi connectivity index (χ0) is 16.8. The van der Waals surface area contributed by atoms with Crippen molar-refractivity contribution in [2.24, 2.45) is 0 Å². The molecule has 0 saturated heterocycles. The number of anilines is 1. The molecule has 0 fully saturated rings. The van der Waals surface area contributed by atoms with Crippen molar-refractivity contribution in [3.8, 4) is 0 Å². The van der Waals surface area contributed by atoms with Crippen molar-refractivity contribution in [1.82, 2.24) is 0 Å². The standard InChI is InChI=1S/C20H21NO2/c1-15(2)8-9-16-10-12-18(13-11-16)21(3)20(23)19-7-5-4-6-17(19)14-22/h4-8,10-14H,9H2,1-3H3. The molecule has 0 aliphatic heterocycles. The third-order valence-electron chi connectivity index (χ3n) is 3.69. The molecule has 0 bridgehead atoms. The molecule has 2 aromatic rings. The first kappa shape index (κ1) is 16.7. The summed E-state index contributed by atoms with van der Waals surface area (Å²) in [4.78, 5) is 25.2. The summed E-state index contributed by atoms with van der Waals surface area (Å²) < 4.78 is 0. The third-order valence-corrected chi connectivity index (χ3v) is 3.69. The summed E-state index contributed by atoms with van der Waals surface area (Å²) in [6, 6.07) is 14.7. The van der Waals surface area contributed by atoms with Crippen LogP contribution in [0.2, 0.25) is 0 Å². The molecular weight excluding hydrogens is 286 g/mol. The second-order valence-electron chi connectivity index (χ2n) is 5.72. The Bertz CT molecular complexity index is 726. The summed E-state index contributed by atoms with van der Waals surface area (Å²) in [7, 11) is 1.72. The van der Waals surface area contributed by atoms with Gasteiger partial charge < -0.3 is 4.90 Å². The van der Waals surface area contributed by atoms with E-state index in [-0.39, 0.29) is 5.91 Å². The molecule has 0 unspecified atom stereocenters. The summed E-state index contributed by atoms with van der Waals surface area (Å²) in [5.41, 5.74) is 4.11. The van der Waals surface area contributed by atoms with Crippen LogP contribution in [0.4, 0.5) is 5.69 Å². The second-order valence-corrected chi connectivity index (χ2v) is 5.72. The van der Waals surface area contributed by atoms with Crippen molar-refractivity contribution in [3.63, 3.8) is 0 Å². The number of hydrogen-bond donors (Lipinski definition) is 0. The number of nitrogens with zero attached hydrogens (tertiary/aromatic N) is 1. The highest BCUT2D eigenvalue weighted by atomic mass is 16.2. The number of amides is 1. The fourth-order valence-corrected chi connectivity index (χ4v) is 2.27. The maximum Gasteiger partial charge on any atom is 0.258 e. The lowest BCUT2D eigenvalue weighted by Crippen LogP contribution is -2.27. The average molecular weight is 307 g/mol. The Hall–Kier alpha value is -2.68. The molecule has 2 aromatic carbocycles. The van der Waals surface area contributed by atoms with E-state index in [0.29, 0.717) is 17.4 Å².